The van der Waals surface area contributed by atoms with Crippen LogP contribution in [-0.2, 0) is 20.8 Å². The van der Waals surface area contributed by atoms with E-state index in [0.717, 1.165) is 34.9 Å². The van der Waals surface area contributed by atoms with E-state index in [9.17, 15) is 19.5 Å². The molecule has 214 valence electrons. The molecule has 1 aromatic rings. The molecule has 3 aliphatic rings. The highest BCUT2D eigenvalue weighted by molar-refractivity contribution is 9.10. The van der Waals surface area contributed by atoms with Crippen LogP contribution in [-0.4, -0.2) is 70.0 Å². The van der Waals surface area contributed by atoms with Gasteiger partial charge in [0.2, 0.25) is 11.8 Å². The lowest BCUT2D eigenvalue weighted by Crippen LogP contribution is -2.50. The molecule has 1 aliphatic carbocycles. The maximum absolute atomic E-state index is 14.0. The van der Waals surface area contributed by atoms with Crippen molar-refractivity contribution in [3.05, 3.63) is 39.6 Å². The van der Waals surface area contributed by atoms with Crippen LogP contribution in [0.25, 0.3) is 0 Å². The van der Waals surface area contributed by atoms with Crippen LogP contribution in [0.15, 0.2) is 28.5 Å². The van der Waals surface area contributed by atoms with Gasteiger partial charge in [-0.05, 0) is 57.2 Å². The molecule has 2 fully saturated rings. The van der Waals surface area contributed by atoms with Crippen molar-refractivity contribution in [3.63, 3.8) is 0 Å². The van der Waals surface area contributed by atoms with Crippen LogP contribution < -0.4 is 16.3 Å². The zero-order valence-corrected chi connectivity index (χ0v) is 24.4. The molecule has 11 heteroatoms. The number of hydrogen-bond donors (Lipinski definition) is 3. The molecule has 2 aliphatic heterocycles. The minimum Gasteiger partial charge on any atom is -0.487 e. The number of nitrogens with zero attached hydrogens (tertiary/aromatic N) is 3. The van der Waals surface area contributed by atoms with E-state index in [1.165, 1.54) is 5.01 Å². The van der Waals surface area contributed by atoms with Crippen LogP contribution >= 0.6 is 15.9 Å². The van der Waals surface area contributed by atoms with Gasteiger partial charge in [0.1, 0.15) is 12.4 Å². The fourth-order valence-corrected chi connectivity index (χ4v) is 6.48. The molecule has 1 aromatic carbocycles. The molecule has 1 saturated carbocycles. The fourth-order valence-electron chi connectivity index (χ4n) is 5.94. The second-order valence-corrected chi connectivity index (χ2v) is 11.9. The summed E-state index contributed by atoms with van der Waals surface area (Å²) in [5.74, 6) is 4.32. The molecule has 0 bridgehead atoms. The molecule has 0 aromatic heterocycles. The van der Waals surface area contributed by atoms with E-state index in [1.54, 1.807) is 11.1 Å². The number of likely N-dealkylation sites (tertiary alicyclic amines) is 1. The first kappa shape index (κ1) is 29.2. The summed E-state index contributed by atoms with van der Waals surface area (Å²) >= 11 is 3.68. The van der Waals surface area contributed by atoms with Gasteiger partial charge in [0.15, 0.2) is 0 Å². The average Bonchev–Trinajstić information content (AvgIpc) is 3.32. The van der Waals surface area contributed by atoms with E-state index in [-0.39, 0.29) is 24.5 Å². The molecule has 0 radical (unpaired) electrons. The highest BCUT2D eigenvalue weighted by Crippen LogP contribution is 2.43. The third kappa shape index (κ3) is 6.51. The monoisotopic (exact) mass is 605 g/mol. The Bertz CT molecular complexity index is 1130. The number of nitrogens with two attached hydrogens (primary N) is 2. The van der Waals surface area contributed by atoms with Crippen molar-refractivity contribution in [3.8, 4) is 5.75 Å². The first-order chi connectivity index (χ1) is 18.6. The molecule has 2 unspecified atom stereocenters. The first-order valence-corrected chi connectivity index (χ1v) is 14.6. The van der Waals surface area contributed by atoms with Crippen LogP contribution in [0, 0.1) is 11.8 Å². The maximum Gasteiger partial charge on any atom is 0.307 e. The summed E-state index contributed by atoms with van der Waals surface area (Å²) in [4.78, 5) is 42.4. The smallest absolute Gasteiger partial charge is 0.307 e. The predicted octanol–water partition coefficient (Wildman–Crippen LogP) is 3.15. The molecule has 1 saturated heterocycles. The number of amides is 2. The number of hydrogen-bond acceptors (Lipinski definition) is 7. The molecule has 39 heavy (non-hydrogen) atoms. The number of carboxylic acid groups (broad SMARTS) is 1. The lowest BCUT2D eigenvalue weighted by Gasteiger charge is -2.43. The van der Waals surface area contributed by atoms with Gasteiger partial charge in [-0.2, -0.15) is 0 Å². The van der Waals surface area contributed by atoms with E-state index in [2.05, 4.69) is 15.9 Å². The zero-order valence-electron chi connectivity index (χ0n) is 22.8. The zero-order chi connectivity index (χ0) is 28.3. The van der Waals surface area contributed by atoms with Crippen LogP contribution in [0.4, 0.5) is 0 Å². The summed E-state index contributed by atoms with van der Waals surface area (Å²) in [7, 11) is 0. The number of hydrazine groups is 1. The topological polar surface area (TPSA) is 142 Å². The van der Waals surface area contributed by atoms with Gasteiger partial charge in [0.05, 0.1) is 23.6 Å². The van der Waals surface area contributed by atoms with Crippen molar-refractivity contribution in [2.45, 2.75) is 70.9 Å². The lowest BCUT2D eigenvalue weighted by atomic mass is 9.77. The number of halogens is 1. The Balaban J connectivity index is 1.69. The van der Waals surface area contributed by atoms with Crippen LogP contribution in [0.2, 0.25) is 0 Å². The average molecular weight is 607 g/mol. The van der Waals surface area contributed by atoms with Crippen molar-refractivity contribution < 1.29 is 24.2 Å². The number of carbonyl (C=O) groups excluding carboxylic acids is 2. The van der Waals surface area contributed by atoms with Gasteiger partial charge < -0.3 is 30.4 Å². The predicted molar refractivity (Wildman–Crippen MR) is 150 cm³/mol. The van der Waals surface area contributed by atoms with Crippen molar-refractivity contribution in [1.29, 1.82) is 0 Å². The highest BCUT2D eigenvalue weighted by atomic mass is 79.9. The number of benzene rings is 1. The molecule has 0 spiro atoms. The van der Waals surface area contributed by atoms with Gasteiger partial charge >= 0.3 is 5.97 Å². The Morgan fingerprint density at radius 1 is 1.18 bits per heavy atom. The van der Waals surface area contributed by atoms with Crippen LogP contribution in [0.5, 0.6) is 5.75 Å². The first-order valence-electron chi connectivity index (χ1n) is 13.8. The molecule has 5 N–H and O–H groups in total. The Kier molecular flexibility index (Phi) is 9.43. The standard InChI is InChI=1S/C28H40BrN5O5/c1-17(2)34(31)14-18(30)16-39-24-10-9-22(29)21-11-13-33(23(26(21)24)15-32-12-5-8-25(32)35)27(36)19-6-3-4-7-20(19)28(37)38/h9-10,14,17,19-20,23H,3-8,11-13,15-16,30-31H2,1-2H3,(H,37,38)/b18-14-/t19-,20?,23?/m1/s1. The summed E-state index contributed by atoms with van der Waals surface area (Å²) in [6, 6.07) is 3.39. The van der Waals surface area contributed by atoms with Gasteiger partial charge in [-0.1, -0.05) is 28.8 Å². The Hall–Kier alpha value is -2.79. The number of rotatable bonds is 9. The maximum atomic E-state index is 14.0. The third-order valence-electron chi connectivity index (χ3n) is 8.13. The largest absolute Gasteiger partial charge is 0.487 e. The molecule has 2 amide bonds. The second kappa shape index (κ2) is 12.6. The SMILES string of the molecule is CC(C)N(N)/C=C(\N)COc1ccc(Br)c2c1C(CN1CCCC1=O)N(C(=O)[C@@H]1CCCCC1C(=O)O)CC2. The summed E-state index contributed by atoms with van der Waals surface area (Å²) in [6.07, 6.45) is 6.21. The van der Waals surface area contributed by atoms with Gasteiger partial charge in [0, 0.05) is 48.3 Å². The van der Waals surface area contributed by atoms with Crippen molar-refractivity contribution >= 4 is 33.7 Å². The number of carbonyl (C=O) groups is 3. The number of carboxylic acids is 1. The van der Waals surface area contributed by atoms with E-state index in [1.807, 2.05) is 30.9 Å². The van der Waals surface area contributed by atoms with E-state index in [0.29, 0.717) is 56.8 Å². The van der Waals surface area contributed by atoms with Crippen LogP contribution in [0.3, 0.4) is 0 Å². The van der Waals surface area contributed by atoms with Gasteiger partial charge in [-0.15, -0.1) is 0 Å². The van der Waals surface area contributed by atoms with Crippen molar-refractivity contribution in [2.75, 3.05) is 26.2 Å². The Labute approximate surface area is 238 Å². The molecular formula is C28H40BrN5O5. The minimum atomic E-state index is -0.916. The van der Waals surface area contributed by atoms with E-state index in [4.69, 9.17) is 16.3 Å². The molecule has 3 atom stereocenters. The van der Waals surface area contributed by atoms with Crippen molar-refractivity contribution in [2.24, 2.45) is 23.4 Å². The Morgan fingerprint density at radius 2 is 1.90 bits per heavy atom. The molecule has 4 rings (SSSR count). The second-order valence-electron chi connectivity index (χ2n) is 11.0. The summed E-state index contributed by atoms with van der Waals surface area (Å²) in [5, 5.41) is 11.4. The molecule has 2 heterocycles. The number of ether oxygens (including phenoxy) is 1. The summed E-state index contributed by atoms with van der Waals surface area (Å²) in [5.41, 5.74) is 8.51. The number of aliphatic carboxylic acids is 1. The Morgan fingerprint density at radius 3 is 2.54 bits per heavy atom. The molecular weight excluding hydrogens is 566 g/mol. The van der Waals surface area contributed by atoms with Crippen LogP contribution in [0.1, 0.15) is 69.5 Å². The van der Waals surface area contributed by atoms with Gasteiger partial charge in [-0.25, -0.2) is 5.84 Å². The van der Waals surface area contributed by atoms with Gasteiger partial charge in [0.25, 0.3) is 0 Å². The quantitative estimate of drug-likeness (QED) is 0.288. The fraction of sp³-hybridized carbons (Fsp3) is 0.607. The van der Waals surface area contributed by atoms with Crippen molar-refractivity contribution in [1.82, 2.24) is 14.8 Å². The summed E-state index contributed by atoms with van der Waals surface area (Å²) < 4.78 is 7.13. The third-order valence-corrected chi connectivity index (χ3v) is 8.87. The minimum absolute atomic E-state index is 0.0666. The lowest BCUT2D eigenvalue weighted by molar-refractivity contribution is -0.154. The highest BCUT2D eigenvalue weighted by Gasteiger charge is 2.43. The normalized spacial score (nSPS) is 23.7. The summed E-state index contributed by atoms with van der Waals surface area (Å²) in [6.45, 7) is 5.42. The van der Waals surface area contributed by atoms with Gasteiger partial charge in [-0.3, -0.25) is 14.4 Å². The van der Waals surface area contributed by atoms with E-state index >= 15 is 0 Å². The van der Waals surface area contributed by atoms with E-state index < -0.39 is 23.8 Å². The molecule has 10 nitrogen and oxygen atoms in total. The number of fused-ring (bicyclic) bond motifs is 1.